The predicted octanol–water partition coefficient (Wildman–Crippen LogP) is 3.91. The van der Waals surface area contributed by atoms with Crippen molar-refractivity contribution in [2.75, 3.05) is 36.4 Å². The molecule has 0 aliphatic carbocycles. The number of amides is 2. The molecule has 164 valence electrons. The topological polar surface area (TPSA) is 64.7 Å². The van der Waals surface area contributed by atoms with E-state index in [1.54, 1.807) is 12.1 Å². The van der Waals surface area contributed by atoms with Gasteiger partial charge in [0.1, 0.15) is 5.82 Å². The third-order valence-corrected chi connectivity index (χ3v) is 5.48. The lowest BCUT2D eigenvalue weighted by Gasteiger charge is -2.38. The lowest BCUT2D eigenvalue weighted by Crippen LogP contribution is -2.50. The molecule has 31 heavy (non-hydrogen) atoms. The zero-order valence-electron chi connectivity index (χ0n) is 17.3. The number of anilines is 2. The van der Waals surface area contributed by atoms with E-state index in [1.165, 1.54) is 24.3 Å². The average molecular weight is 463 g/mol. The van der Waals surface area contributed by atoms with Gasteiger partial charge >= 0.3 is 0 Å². The first-order valence-corrected chi connectivity index (χ1v) is 10.7. The van der Waals surface area contributed by atoms with E-state index in [0.29, 0.717) is 42.5 Å². The molecule has 2 aromatic carbocycles. The van der Waals surface area contributed by atoms with Crippen molar-refractivity contribution in [3.05, 3.63) is 58.9 Å². The zero-order chi connectivity index (χ0) is 22.5. The van der Waals surface area contributed by atoms with Crippen LogP contribution >= 0.6 is 23.8 Å². The van der Waals surface area contributed by atoms with E-state index in [2.05, 4.69) is 15.5 Å². The fourth-order valence-corrected chi connectivity index (χ4v) is 3.88. The molecule has 0 radical (unpaired) electrons. The minimum absolute atomic E-state index is 0.0359. The Labute approximate surface area is 191 Å². The molecule has 3 rings (SSSR count). The van der Waals surface area contributed by atoms with Gasteiger partial charge in [-0.1, -0.05) is 31.5 Å². The molecule has 0 saturated carbocycles. The van der Waals surface area contributed by atoms with Crippen molar-refractivity contribution >= 4 is 52.1 Å². The van der Waals surface area contributed by atoms with Crippen LogP contribution < -0.4 is 15.5 Å². The van der Waals surface area contributed by atoms with Crippen LogP contribution in [0.25, 0.3) is 0 Å². The normalized spacial score (nSPS) is 13.8. The number of carbonyl (C=O) groups is 2. The SMILES string of the molecule is CC(C)C(=O)N1CCN(c2c(Cl)cccc2NC(=S)NC(=O)c2ccc(F)cc2)CC1. The van der Waals surface area contributed by atoms with E-state index < -0.39 is 11.7 Å². The van der Waals surface area contributed by atoms with Gasteiger partial charge in [0.2, 0.25) is 5.91 Å². The summed E-state index contributed by atoms with van der Waals surface area (Å²) in [6.07, 6.45) is 0. The maximum absolute atomic E-state index is 13.1. The van der Waals surface area contributed by atoms with E-state index in [1.807, 2.05) is 24.8 Å². The van der Waals surface area contributed by atoms with Crippen LogP contribution in [0, 0.1) is 11.7 Å². The first-order chi connectivity index (χ1) is 14.8. The molecule has 0 atom stereocenters. The number of piperazine rings is 1. The highest BCUT2D eigenvalue weighted by molar-refractivity contribution is 7.80. The Morgan fingerprint density at radius 3 is 2.32 bits per heavy atom. The fraction of sp³-hybridized carbons (Fsp3) is 0.318. The van der Waals surface area contributed by atoms with Crippen LogP contribution in [0.2, 0.25) is 5.02 Å². The second-order valence-corrected chi connectivity index (χ2v) is 8.33. The van der Waals surface area contributed by atoms with Gasteiger partial charge in [-0.3, -0.25) is 14.9 Å². The Morgan fingerprint density at radius 2 is 1.71 bits per heavy atom. The second-order valence-electron chi connectivity index (χ2n) is 7.52. The number of rotatable bonds is 4. The lowest BCUT2D eigenvalue weighted by atomic mass is 10.1. The molecule has 2 N–H and O–H groups in total. The standard InChI is InChI=1S/C22H24ClFN4O2S/c1-14(2)21(30)28-12-10-27(11-13-28)19-17(23)4-3-5-18(19)25-22(31)26-20(29)15-6-8-16(24)9-7-15/h3-9,14H,10-13H2,1-2H3,(H2,25,26,29,31). The summed E-state index contributed by atoms with van der Waals surface area (Å²) in [5.41, 5.74) is 1.71. The van der Waals surface area contributed by atoms with Crippen molar-refractivity contribution < 1.29 is 14.0 Å². The third kappa shape index (κ3) is 5.71. The molecule has 0 unspecified atom stereocenters. The number of nitrogens with zero attached hydrogens (tertiary/aromatic N) is 2. The average Bonchev–Trinajstić information content (AvgIpc) is 2.74. The summed E-state index contributed by atoms with van der Waals surface area (Å²) >= 11 is 11.8. The molecule has 0 bridgehead atoms. The smallest absolute Gasteiger partial charge is 0.257 e. The maximum atomic E-state index is 13.1. The molecule has 6 nitrogen and oxygen atoms in total. The molecule has 1 aliphatic rings. The van der Waals surface area contributed by atoms with Crippen molar-refractivity contribution in [3.63, 3.8) is 0 Å². The van der Waals surface area contributed by atoms with Crippen molar-refractivity contribution in [3.8, 4) is 0 Å². The monoisotopic (exact) mass is 462 g/mol. The highest BCUT2D eigenvalue weighted by Gasteiger charge is 2.25. The van der Waals surface area contributed by atoms with Crippen LogP contribution in [0.15, 0.2) is 42.5 Å². The van der Waals surface area contributed by atoms with Crippen LogP contribution in [-0.2, 0) is 4.79 Å². The molecule has 0 spiro atoms. The fourth-order valence-electron chi connectivity index (χ4n) is 3.38. The first kappa shape index (κ1) is 23.0. The van der Waals surface area contributed by atoms with Crippen molar-refractivity contribution in [2.24, 2.45) is 5.92 Å². The second kappa shape index (κ2) is 10.1. The summed E-state index contributed by atoms with van der Waals surface area (Å²) in [5, 5.41) is 6.27. The molecular formula is C22H24ClFN4O2S. The summed E-state index contributed by atoms with van der Waals surface area (Å²) in [6.45, 7) is 6.26. The van der Waals surface area contributed by atoms with E-state index in [0.717, 1.165) is 5.69 Å². The predicted molar refractivity (Wildman–Crippen MR) is 125 cm³/mol. The van der Waals surface area contributed by atoms with Crippen LogP contribution in [0.5, 0.6) is 0 Å². The van der Waals surface area contributed by atoms with Gasteiger partial charge in [-0.15, -0.1) is 0 Å². The number of hydrogen-bond donors (Lipinski definition) is 2. The summed E-state index contributed by atoms with van der Waals surface area (Å²) < 4.78 is 13.1. The number of para-hydroxylation sites is 1. The Balaban J connectivity index is 1.68. The first-order valence-electron chi connectivity index (χ1n) is 9.96. The molecule has 1 aliphatic heterocycles. The molecule has 1 saturated heterocycles. The molecule has 0 aromatic heterocycles. The van der Waals surface area contributed by atoms with Crippen molar-refractivity contribution in [1.82, 2.24) is 10.2 Å². The van der Waals surface area contributed by atoms with Gasteiger partial charge in [0.25, 0.3) is 5.91 Å². The van der Waals surface area contributed by atoms with Crippen LogP contribution in [0.3, 0.4) is 0 Å². The van der Waals surface area contributed by atoms with Crippen LogP contribution in [0.4, 0.5) is 15.8 Å². The number of carbonyl (C=O) groups excluding carboxylic acids is 2. The Morgan fingerprint density at radius 1 is 1.06 bits per heavy atom. The van der Waals surface area contributed by atoms with E-state index in [9.17, 15) is 14.0 Å². The van der Waals surface area contributed by atoms with E-state index >= 15 is 0 Å². The molecule has 9 heteroatoms. The molecule has 1 heterocycles. The largest absolute Gasteiger partial charge is 0.365 e. The van der Waals surface area contributed by atoms with Gasteiger partial charge in [-0.05, 0) is 48.6 Å². The van der Waals surface area contributed by atoms with Crippen LogP contribution in [0.1, 0.15) is 24.2 Å². The minimum atomic E-state index is -0.443. The van der Waals surface area contributed by atoms with Gasteiger partial charge in [0.05, 0.1) is 16.4 Å². The number of halogens is 2. The van der Waals surface area contributed by atoms with Gasteiger partial charge < -0.3 is 15.1 Å². The lowest BCUT2D eigenvalue weighted by molar-refractivity contribution is -0.134. The summed E-state index contributed by atoms with van der Waals surface area (Å²) in [7, 11) is 0. The number of hydrogen-bond acceptors (Lipinski definition) is 4. The van der Waals surface area contributed by atoms with Crippen LogP contribution in [-0.4, -0.2) is 48.0 Å². The molecule has 2 amide bonds. The number of thiocarbonyl (C=S) groups is 1. The van der Waals surface area contributed by atoms with Gasteiger partial charge in [-0.2, -0.15) is 0 Å². The summed E-state index contributed by atoms with van der Waals surface area (Å²) in [4.78, 5) is 28.5. The third-order valence-electron chi connectivity index (χ3n) is 4.97. The van der Waals surface area contributed by atoms with Crippen molar-refractivity contribution in [1.29, 1.82) is 0 Å². The minimum Gasteiger partial charge on any atom is -0.365 e. The quantitative estimate of drug-likeness (QED) is 0.674. The maximum Gasteiger partial charge on any atom is 0.257 e. The summed E-state index contributed by atoms with van der Waals surface area (Å²) in [6, 6.07) is 10.6. The Hall–Kier alpha value is -2.71. The van der Waals surface area contributed by atoms with Gasteiger partial charge in [0.15, 0.2) is 5.11 Å². The Bertz CT molecular complexity index is 976. The van der Waals surface area contributed by atoms with Gasteiger partial charge in [0, 0.05) is 37.7 Å². The van der Waals surface area contributed by atoms with Crippen molar-refractivity contribution in [2.45, 2.75) is 13.8 Å². The molecule has 2 aromatic rings. The zero-order valence-corrected chi connectivity index (χ0v) is 18.9. The highest BCUT2D eigenvalue weighted by Crippen LogP contribution is 2.34. The highest BCUT2D eigenvalue weighted by atomic mass is 35.5. The molecular weight excluding hydrogens is 439 g/mol. The van der Waals surface area contributed by atoms with E-state index in [-0.39, 0.29) is 16.9 Å². The summed E-state index contributed by atoms with van der Waals surface area (Å²) in [5.74, 6) is -0.758. The molecule has 1 fully saturated rings. The Kier molecular flexibility index (Phi) is 7.46. The van der Waals surface area contributed by atoms with E-state index in [4.69, 9.17) is 23.8 Å². The number of benzene rings is 2. The van der Waals surface area contributed by atoms with Gasteiger partial charge in [-0.25, -0.2) is 4.39 Å². The number of nitrogens with one attached hydrogen (secondary N) is 2.